The Morgan fingerprint density at radius 2 is 1.97 bits per heavy atom. The number of rotatable bonds is 8. The van der Waals surface area contributed by atoms with Crippen LogP contribution in [0.1, 0.15) is 39.9 Å². The van der Waals surface area contributed by atoms with Gasteiger partial charge in [0.25, 0.3) is 0 Å². The monoisotopic (exact) mass is 414 g/mol. The fourth-order valence-electron chi connectivity index (χ4n) is 2.75. The van der Waals surface area contributed by atoms with E-state index in [9.17, 15) is 4.79 Å². The number of hydrogen-bond acceptors (Lipinski definition) is 4. The van der Waals surface area contributed by atoms with Gasteiger partial charge >= 0.3 is 6.09 Å². The van der Waals surface area contributed by atoms with Crippen molar-refractivity contribution in [1.29, 1.82) is 0 Å². The van der Waals surface area contributed by atoms with Crippen molar-refractivity contribution in [2.75, 3.05) is 26.7 Å². The summed E-state index contributed by atoms with van der Waals surface area (Å²) < 4.78 is 5.23. The van der Waals surface area contributed by atoms with Gasteiger partial charge in [-0.1, -0.05) is 30.3 Å². The van der Waals surface area contributed by atoms with E-state index >= 15 is 0 Å². The second kappa shape index (κ2) is 11.2. The third kappa shape index (κ3) is 8.14. The van der Waals surface area contributed by atoms with E-state index in [1.807, 2.05) is 64.0 Å². The first-order chi connectivity index (χ1) is 14.3. The summed E-state index contributed by atoms with van der Waals surface area (Å²) in [6.07, 6.45) is 2.17. The van der Waals surface area contributed by atoms with Crippen molar-refractivity contribution in [2.45, 2.75) is 46.3 Å². The summed E-state index contributed by atoms with van der Waals surface area (Å²) in [5.74, 6) is 1.67. The molecule has 164 valence electrons. The molecule has 0 aliphatic carbocycles. The minimum Gasteiger partial charge on any atom is -0.444 e. The van der Waals surface area contributed by atoms with Gasteiger partial charge in [-0.25, -0.2) is 9.78 Å². The summed E-state index contributed by atoms with van der Waals surface area (Å²) >= 11 is 0. The lowest BCUT2D eigenvalue weighted by atomic mass is 10.2. The fourth-order valence-corrected chi connectivity index (χ4v) is 2.75. The van der Waals surface area contributed by atoms with Crippen LogP contribution < -0.4 is 10.6 Å². The van der Waals surface area contributed by atoms with Crippen LogP contribution in [0.25, 0.3) is 11.3 Å². The largest absolute Gasteiger partial charge is 0.444 e. The highest BCUT2D eigenvalue weighted by atomic mass is 16.6. The molecule has 0 saturated carbocycles. The fraction of sp³-hybridized carbons (Fsp3) is 0.500. The zero-order valence-electron chi connectivity index (χ0n) is 18.7. The van der Waals surface area contributed by atoms with E-state index in [4.69, 9.17) is 4.74 Å². The second-order valence-corrected chi connectivity index (χ2v) is 7.98. The molecule has 3 N–H and O–H groups in total. The Bertz CT molecular complexity index is 811. The summed E-state index contributed by atoms with van der Waals surface area (Å²) in [6.45, 7) is 10.1. The molecular weight excluding hydrogens is 380 g/mol. The number of ether oxygens (including phenoxy) is 1. The van der Waals surface area contributed by atoms with Crippen LogP contribution in [0, 0.1) is 0 Å². The number of alkyl carbamates (subject to hydrolysis) is 1. The summed E-state index contributed by atoms with van der Waals surface area (Å²) in [5, 5.41) is 6.05. The zero-order valence-corrected chi connectivity index (χ0v) is 18.7. The summed E-state index contributed by atoms with van der Waals surface area (Å²) in [5.41, 5.74) is 1.61. The van der Waals surface area contributed by atoms with E-state index in [1.165, 1.54) is 0 Å². The summed E-state index contributed by atoms with van der Waals surface area (Å²) in [4.78, 5) is 26.2. The number of aromatic nitrogens is 2. The summed E-state index contributed by atoms with van der Waals surface area (Å²) in [7, 11) is 1.98. The molecule has 0 unspecified atom stereocenters. The topological polar surface area (TPSA) is 94.6 Å². The Hall–Kier alpha value is -3.03. The molecule has 0 fully saturated rings. The molecule has 2 aromatic rings. The maximum Gasteiger partial charge on any atom is 0.407 e. The number of amides is 1. The lowest BCUT2D eigenvalue weighted by Gasteiger charge is -2.21. The molecular formula is C22H34N6O2. The van der Waals surface area contributed by atoms with E-state index in [1.54, 1.807) is 0 Å². The molecule has 0 spiro atoms. The number of benzene rings is 1. The average molecular weight is 415 g/mol. The Labute approximate surface area is 179 Å². The molecule has 0 aliphatic heterocycles. The van der Waals surface area contributed by atoms with Crippen LogP contribution in [0.3, 0.4) is 0 Å². The van der Waals surface area contributed by atoms with Gasteiger partial charge < -0.3 is 25.3 Å². The van der Waals surface area contributed by atoms with Crippen LogP contribution in [0.5, 0.6) is 0 Å². The van der Waals surface area contributed by atoms with Crippen molar-refractivity contribution in [1.82, 2.24) is 25.5 Å². The van der Waals surface area contributed by atoms with Gasteiger partial charge in [0.1, 0.15) is 11.4 Å². The van der Waals surface area contributed by atoms with Crippen LogP contribution in [-0.4, -0.2) is 59.2 Å². The van der Waals surface area contributed by atoms with Gasteiger partial charge in [0.05, 0.1) is 18.4 Å². The number of carbonyl (C=O) groups excluding carboxylic acids is 1. The molecule has 1 aromatic carbocycles. The van der Waals surface area contributed by atoms with Crippen molar-refractivity contribution in [3.05, 3.63) is 42.4 Å². The van der Waals surface area contributed by atoms with E-state index in [0.29, 0.717) is 19.6 Å². The molecule has 0 saturated heterocycles. The van der Waals surface area contributed by atoms with E-state index in [0.717, 1.165) is 36.0 Å². The number of guanidine groups is 1. The number of aliphatic imine (C=N–C) groups is 1. The van der Waals surface area contributed by atoms with Crippen LogP contribution in [0.4, 0.5) is 4.79 Å². The number of imidazole rings is 1. The van der Waals surface area contributed by atoms with Crippen LogP contribution in [0.15, 0.2) is 41.5 Å². The van der Waals surface area contributed by atoms with Gasteiger partial charge in [0.2, 0.25) is 0 Å². The molecule has 1 heterocycles. The second-order valence-electron chi connectivity index (χ2n) is 7.98. The maximum absolute atomic E-state index is 11.7. The zero-order chi connectivity index (χ0) is 22.0. The third-order valence-corrected chi connectivity index (χ3v) is 4.06. The van der Waals surface area contributed by atoms with Crippen molar-refractivity contribution in [3.8, 4) is 11.3 Å². The maximum atomic E-state index is 11.7. The van der Waals surface area contributed by atoms with Gasteiger partial charge in [0, 0.05) is 26.7 Å². The van der Waals surface area contributed by atoms with Crippen LogP contribution in [-0.2, 0) is 11.3 Å². The van der Waals surface area contributed by atoms with E-state index in [2.05, 4.69) is 37.7 Å². The van der Waals surface area contributed by atoms with Crippen LogP contribution in [0.2, 0.25) is 0 Å². The van der Waals surface area contributed by atoms with Crippen LogP contribution >= 0.6 is 0 Å². The first kappa shape index (κ1) is 23.3. The van der Waals surface area contributed by atoms with E-state index in [-0.39, 0.29) is 0 Å². The highest BCUT2D eigenvalue weighted by Crippen LogP contribution is 2.16. The highest BCUT2D eigenvalue weighted by Gasteiger charge is 2.15. The quantitative estimate of drug-likeness (QED) is 0.350. The van der Waals surface area contributed by atoms with Crippen molar-refractivity contribution >= 4 is 12.1 Å². The van der Waals surface area contributed by atoms with Gasteiger partial charge in [-0.3, -0.25) is 4.99 Å². The van der Waals surface area contributed by atoms with Crippen molar-refractivity contribution in [3.63, 3.8) is 0 Å². The van der Waals surface area contributed by atoms with E-state index < -0.39 is 11.7 Å². The molecule has 0 radical (unpaired) electrons. The normalized spacial score (nSPS) is 11.8. The minimum absolute atomic E-state index is 0.400. The number of nitrogens with one attached hydrogen (secondary N) is 3. The van der Waals surface area contributed by atoms with Crippen molar-refractivity contribution < 1.29 is 9.53 Å². The predicted molar refractivity (Wildman–Crippen MR) is 120 cm³/mol. The number of nitrogens with zero attached hydrogens (tertiary/aromatic N) is 3. The van der Waals surface area contributed by atoms with Crippen molar-refractivity contribution in [2.24, 2.45) is 4.99 Å². The first-order valence-corrected chi connectivity index (χ1v) is 10.3. The number of H-pyrrole nitrogens is 1. The lowest BCUT2D eigenvalue weighted by molar-refractivity contribution is 0.0527. The van der Waals surface area contributed by atoms with Gasteiger partial charge in [-0.05, 0) is 39.7 Å². The Kier molecular flexibility index (Phi) is 8.70. The molecule has 8 heteroatoms. The molecule has 0 aliphatic rings. The van der Waals surface area contributed by atoms with Gasteiger partial charge in [-0.2, -0.15) is 0 Å². The number of hydrogen-bond donors (Lipinski definition) is 3. The summed E-state index contributed by atoms with van der Waals surface area (Å²) in [6, 6.07) is 10.1. The molecule has 8 nitrogen and oxygen atoms in total. The highest BCUT2D eigenvalue weighted by molar-refractivity contribution is 5.79. The third-order valence-electron chi connectivity index (χ3n) is 4.06. The molecule has 1 amide bonds. The van der Waals surface area contributed by atoms with Gasteiger partial charge in [0.15, 0.2) is 5.96 Å². The molecule has 1 aromatic heterocycles. The Morgan fingerprint density at radius 1 is 1.23 bits per heavy atom. The standard InChI is InChI=1S/C22H34N6O2/c1-6-23-20(24-13-10-14-25-21(29)30-22(2,3)4)28(5)16-19-26-15-18(27-19)17-11-8-7-9-12-17/h7-9,11-12,15H,6,10,13-14,16H2,1-5H3,(H,23,24)(H,25,29)(H,26,27). The molecule has 0 atom stereocenters. The average Bonchev–Trinajstić information content (AvgIpc) is 3.14. The number of aromatic amines is 1. The molecule has 2 rings (SSSR count). The predicted octanol–water partition coefficient (Wildman–Crippen LogP) is 3.39. The Balaban J connectivity index is 1.84. The lowest BCUT2D eigenvalue weighted by Crippen LogP contribution is -2.39. The molecule has 30 heavy (non-hydrogen) atoms. The first-order valence-electron chi connectivity index (χ1n) is 10.3. The smallest absolute Gasteiger partial charge is 0.407 e. The minimum atomic E-state index is -0.491. The van der Waals surface area contributed by atoms with Gasteiger partial charge in [-0.15, -0.1) is 0 Å². The molecule has 0 bridgehead atoms. The Morgan fingerprint density at radius 3 is 2.63 bits per heavy atom. The SMILES string of the molecule is CCNC(=NCCCNC(=O)OC(C)(C)C)N(C)Cc1ncc(-c2ccccc2)[nH]1. The number of carbonyl (C=O) groups is 1.